The Labute approximate surface area is 217 Å². The summed E-state index contributed by atoms with van der Waals surface area (Å²) in [6.45, 7) is 4.59. The summed E-state index contributed by atoms with van der Waals surface area (Å²) >= 11 is 0. The molecule has 0 saturated heterocycles. The number of hydrogen-bond acceptors (Lipinski definition) is 4. The molecule has 0 aromatic rings. The van der Waals surface area contributed by atoms with Gasteiger partial charge < -0.3 is 19.8 Å². The summed E-state index contributed by atoms with van der Waals surface area (Å²) in [6, 6.07) is 0. The van der Waals surface area contributed by atoms with E-state index < -0.39 is 11.9 Å². The summed E-state index contributed by atoms with van der Waals surface area (Å²) in [4.78, 5) is 18.8. The molecule has 4 nitrogen and oxygen atoms in total. The Hall–Kier alpha value is 0.680. The number of unbranched alkanes of at least 4 members (excludes halogenated alkanes) is 15. The second-order valence-corrected chi connectivity index (χ2v) is 6.92. The molecule has 0 heterocycles. The molecule has 0 N–H and O–H groups in total. The number of carboxylic acids is 2. The van der Waals surface area contributed by atoms with Crippen molar-refractivity contribution in [3.8, 4) is 0 Å². The third-order valence-corrected chi connectivity index (χ3v) is 4.31. The number of carbonyl (C=O) groups is 2. The minimum absolute atomic E-state index is 0. The van der Waals surface area contributed by atoms with E-state index in [1.807, 2.05) is 0 Å². The number of carbonyl (C=O) groups excluding carboxylic acids is 2. The van der Waals surface area contributed by atoms with Crippen molar-refractivity contribution in [1.82, 2.24) is 0 Å². The molecule has 0 aliphatic rings. The fraction of sp³-hybridized carbons (Fsp3) is 0.818. The van der Waals surface area contributed by atoms with E-state index in [0.29, 0.717) is 12.2 Å². The van der Waals surface area contributed by atoms with Crippen molar-refractivity contribution < 1.29 is 78.9 Å². The van der Waals surface area contributed by atoms with Gasteiger partial charge in [-0.15, -0.1) is 0 Å². The van der Waals surface area contributed by atoms with Crippen LogP contribution in [0.3, 0.4) is 0 Å². The Bertz CT molecular complexity index is 315. The van der Waals surface area contributed by atoms with Crippen LogP contribution < -0.4 is 69.3 Å². The smallest absolute Gasteiger partial charge is 0.545 e. The van der Waals surface area contributed by atoms with Crippen molar-refractivity contribution >= 4 is 11.9 Å². The summed E-state index contributed by atoms with van der Waals surface area (Å²) in [7, 11) is 0. The molecule has 0 radical (unpaired) electrons. The van der Waals surface area contributed by atoms with Crippen LogP contribution in [0.5, 0.6) is 0 Å². The number of rotatable bonds is 17. The van der Waals surface area contributed by atoms with Crippen LogP contribution in [-0.4, -0.2) is 11.9 Å². The van der Waals surface area contributed by atoms with Gasteiger partial charge in [0.05, 0.1) is 11.9 Å². The van der Waals surface area contributed by atoms with Crippen LogP contribution in [0, 0.1) is 0 Å². The largest absolute Gasteiger partial charge is 1.00 e. The average Bonchev–Trinajstić information content (AvgIpc) is 2.61. The molecule has 0 atom stereocenters. The molecule has 154 valence electrons. The van der Waals surface area contributed by atoms with Crippen LogP contribution in [-0.2, 0) is 9.59 Å². The zero-order chi connectivity index (χ0) is 19.9. The topological polar surface area (TPSA) is 80.3 Å². The molecule has 0 rings (SSSR count). The molecule has 0 unspecified atom stereocenters. The third kappa shape index (κ3) is 41.1. The van der Waals surface area contributed by atoms with Crippen molar-refractivity contribution in [2.45, 2.75) is 117 Å². The molecule has 0 bridgehead atoms. The van der Waals surface area contributed by atoms with Crippen molar-refractivity contribution in [3.63, 3.8) is 0 Å². The summed E-state index contributed by atoms with van der Waals surface area (Å²) in [6.07, 6.45) is 24.2. The molecule has 0 fully saturated rings. The first-order chi connectivity index (χ1) is 12.5. The second kappa shape index (κ2) is 32.3. The summed E-state index contributed by atoms with van der Waals surface area (Å²) in [5.74, 6) is -3.09. The molecule has 0 aliphatic carbocycles. The molecule has 6 heteroatoms. The Morgan fingerprint density at radius 2 is 0.679 bits per heavy atom. The molecule has 0 spiro atoms. The van der Waals surface area contributed by atoms with E-state index in [9.17, 15) is 19.8 Å². The molecule has 0 aliphatic heterocycles. The van der Waals surface area contributed by atoms with Crippen molar-refractivity contribution in [2.24, 2.45) is 0 Å². The molecule has 0 aromatic heterocycles. The Balaban J connectivity index is -0.000000246. The molecule has 0 amide bonds. The Morgan fingerprint density at radius 3 is 0.821 bits per heavy atom. The quantitative estimate of drug-likeness (QED) is 0.162. The normalized spacial score (nSPS) is 9.79. The maximum absolute atomic E-state index is 9.41. The second-order valence-electron chi connectivity index (χ2n) is 6.92. The van der Waals surface area contributed by atoms with Gasteiger partial charge >= 0.3 is 59.1 Å². The fourth-order valence-electron chi connectivity index (χ4n) is 2.76. The van der Waals surface area contributed by atoms with Gasteiger partial charge in [-0.25, -0.2) is 0 Å². The average molecular weight is 415 g/mol. The molecule has 28 heavy (non-hydrogen) atoms. The first-order valence-corrected chi connectivity index (χ1v) is 10.6. The van der Waals surface area contributed by atoms with Gasteiger partial charge in [0.15, 0.2) is 0 Å². The predicted octanol–water partition coefficient (Wildman–Crippen LogP) is -1.68. The van der Waals surface area contributed by atoms with E-state index in [1.54, 1.807) is 0 Å². The van der Waals surface area contributed by atoms with E-state index in [1.165, 1.54) is 103 Å². The van der Waals surface area contributed by atoms with Crippen LogP contribution in [0.4, 0.5) is 0 Å². The van der Waals surface area contributed by atoms with Gasteiger partial charge in [-0.1, -0.05) is 117 Å². The van der Waals surface area contributed by atoms with Crippen molar-refractivity contribution in [1.29, 1.82) is 0 Å². The summed E-state index contributed by atoms with van der Waals surface area (Å²) in [5, 5.41) is 18.8. The predicted molar refractivity (Wildman–Crippen MR) is 104 cm³/mol. The monoisotopic (exact) mass is 414 g/mol. The summed E-state index contributed by atoms with van der Waals surface area (Å²) in [5.41, 5.74) is 0. The Kier molecular flexibility index (Phi) is 41.7. The van der Waals surface area contributed by atoms with Gasteiger partial charge in [0, 0.05) is 0 Å². The minimum atomic E-state index is -1.55. The van der Waals surface area contributed by atoms with E-state index >= 15 is 0 Å². The van der Waals surface area contributed by atoms with E-state index in [0.717, 1.165) is 0 Å². The first kappa shape index (κ1) is 36.1. The molecular formula is C22H40Na2O4. The number of hydrogen-bond donors (Lipinski definition) is 0. The van der Waals surface area contributed by atoms with Crippen molar-refractivity contribution in [2.75, 3.05) is 0 Å². The van der Waals surface area contributed by atoms with Crippen LogP contribution in [0.15, 0.2) is 12.2 Å². The number of carboxylic acid groups (broad SMARTS) is 2. The molecule has 0 saturated carbocycles. The third-order valence-electron chi connectivity index (χ3n) is 4.31. The van der Waals surface area contributed by atoms with Crippen LogP contribution in [0.25, 0.3) is 0 Å². The van der Waals surface area contributed by atoms with Gasteiger partial charge in [-0.3, -0.25) is 0 Å². The van der Waals surface area contributed by atoms with Gasteiger partial charge in [-0.05, 0) is 12.2 Å². The van der Waals surface area contributed by atoms with Crippen LogP contribution in [0.2, 0.25) is 0 Å². The fourth-order valence-corrected chi connectivity index (χ4v) is 2.76. The maximum atomic E-state index is 9.41. The zero-order valence-electron chi connectivity index (χ0n) is 19.1. The van der Waals surface area contributed by atoms with Crippen LogP contribution >= 0.6 is 0 Å². The van der Waals surface area contributed by atoms with E-state index in [4.69, 9.17) is 0 Å². The first-order valence-electron chi connectivity index (χ1n) is 10.6. The van der Waals surface area contributed by atoms with E-state index in [2.05, 4.69) is 13.8 Å². The molecular weight excluding hydrogens is 374 g/mol. The molecule has 0 aromatic carbocycles. The SMILES string of the molecule is CCCCCCCCCCCCCCCCCC.O=C([O-])/C=C/C(=O)[O-].[Na+].[Na+]. The minimum Gasteiger partial charge on any atom is -0.545 e. The van der Waals surface area contributed by atoms with Crippen molar-refractivity contribution in [3.05, 3.63) is 12.2 Å². The Morgan fingerprint density at radius 1 is 0.500 bits per heavy atom. The zero-order valence-corrected chi connectivity index (χ0v) is 23.1. The maximum Gasteiger partial charge on any atom is 1.00 e. The summed E-state index contributed by atoms with van der Waals surface area (Å²) < 4.78 is 0. The standard InChI is InChI=1S/C18H38.C4H4O4.2Na/c1-3-5-7-9-11-13-15-17-18-16-14-12-10-8-6-4-2;5-3(6)1-2-4(7)8;;/h3-18H2,1-2H3;1-2H,(H,5,6)(H,7,8);;/q;;2*+1/p-2/b;2-1+;;. The number of aliphatic carboxylic acids is 2. The van der Waals surface area contributed by atoms with Gasteiger partial charge in [0.25, 0.3) is 0 Å². The van der Waals surface area contributed by atoms with Gasteiger partial charge in [-0.2, -0.15) is 0 Å². The van der Waals surface area contributed by atoms with E-state index in [-0.39, 0.29) is 59.1 Å². The van der Waals surface area contributed by atoms with Gasteiger partial charge in [0.1, 0.15) is 0 Å². The van der Waals surface area contributed by atoms with Crippen LogP contribution in [0.1, 0.15) is 117 Å². The van der Waals surface area contributed by atoms with Gasteiger partial charge in [0.2, 0.25) is 0 Å².